The van der Waals surface area contributed by atoms with Crippen molar-refractivity contribution in [1.29, 1.82) is 0 Å². The molecule has 0 saturated heterocycles. The van der Waals surface area contributed by atoms with Crippen LogP contribution in [0.5, 0.6) is 0 Å². The predicted molar refractivity (Wildman–Crippen MR) is 77.0 cm³/mol. The molecule has 0 fully saturated rings. The van der Waals surface area contributed by atoms with Crippen molar-refractivity contribution in [1.82, 2.24) is 4.37 Å². The van der Waals surface area contributed by atoms with E-state index in [0.29, 0.717) is 10.7 Å². The van der Waals surface area contributed by atoms with Gasteiger partial charge in [0.25, 0.3) is 0 Å². The second-order valence-corrected chi connectivity index (χ2v) is 5.33. The van der Waals surface area contributed by atoms with Crippen LogP contribution in [0.2, 0.25) is 0 Å². The highest BCUT2D eigenvalue weighted by molar-refractivity contribution is 7.10. The average molecular weight is 276 g/mol. The van der Waals surface area contributed by atoms with Gasteiger partial charge in [0, 0.05) is 6.04 Å². The fraction of sp³-hybridized carbons (Fsp3) is 0.286. The van der Waals surface area contributed by atoms with Crippen molar-refractivity contribution in [3.8, 4) is 0 Å². The first-order valence-electron chi connectivity index (χ1n) is 6.01. The van der Waals surface area contributed by atoms with Gasteiger partial charge in [-0.25, -0.2) is 4.79 Å². The Kier molecular flexibility index (Phi) is 3.85. The molecule has 1 heterocycles. The summed E-state index contributed by atoms with van der Waals surface area (Å²) < 4.78 is 4.10. The first kappa shape index (κ1) is 13.5. The maximum atomic E-state index is 11.2. The number of nitrogens with zero attached hydrogens (tertiary/aromatic N) is 1. The Morgan fingerprint density at radius 3 is 2.53 bits per heavy atom. The molecule has 0 bridgehead atoms. The number of nitrogens with one attached hydrogen (secondary N) is 1. The summed E-state index contributed by atoms with van der Waals surface area (Å²) in [5.41, 5.74) is 3.14. The van der Waals surface area contributed by atoms with Crippen LogP contribution in [-0.4, -0.2) is 15.4 Å². The molecule has 0 radical (unpaired) electrons. The van der Waals surface area contributed by atoms with Crippen LogP contribution in [0, 0.1) is 13.8 Å². The van der Waals surface area contributed by atoms with E-state index in [-0.39, 0.29) is 11.6 Å². The topological polar surface area (TPSA) is 62.2 Å². The number of aromatic nitrogens is 1. The predicted octanol–water partition coefficient (Wildman–Crippen LogP) is 3.63. The standard InChI is InChI=1S/C14H16N2O2S/c1-8-4-6-11(7-5-8)9(2)15-13-12(14(17)18)10(3)16-19-13/h4-7,9,15H,1-3H3,(H,17,18). The number of benzene rings is 1. The van der Waals surface area contributed by atoms with Crippen molar-refractivity contribution in [2.75, 3.05) is 5.32 Å². The lowest BCUT2D eigenvalue weighted by atomic mass is 10.1. The molecule has 19 heavy (non-hydrogen) atoms. The molecule has 1 aromatic heterocycles. The molecule has 1 unspecified atom stereocenters. The summed E-state index contributed by atoms with van der Waals surface area (Å²) >= 11 is 1.19. The minimum atomic E-state index is -0.940. The lowest BCUT2D eigenvalue weighted by Gasteiger charge is -2.14. The van der Waals surface area contributed by atoms with Gasteiger partial charge in [0.15, 0.2) is 0 Å². The molecular formula is C14H16N2O2S. The van der Waals surface area contributed by atoms with Crippen molar-refractivity contribution < 1.29 is 9.90 Å². The van der Waals surface area contributed by atoms with Gasteiger partial charge in [-0.1, -0.05) is 29.8 Å². The maximum absolute atomic E-state index is 11.2. The van der Waals surface area contributed by atoms with Crippen LogP contribution in [-0.2, 0) is 0 Å². The normalized spacial score (nSPS) is 12.2. The van der Waals surface area contributed by atoms with Crippen molar-refractivity contribution in [2.45, 2.75) is 26.8 Å². The molecule has 0 amide bonds. The highest BCUT2D eigenvalue weighted by Gasteiger charge is 2.19. The minimum absolute atomic E-state index is 0.0403. The number of hydrogen-bond acceptors (Lipinski definition) is 4. The zero-order valence-corrected chi connectivity index (χ0v) is 11.9. The van der Waals surface area contributed by atoms with E-state index in [0.717, 1.165) is 5.56 Å². The molecule has 4 nitrogen and oxygen atoms in total. The van der Waals surface area contributed by atoms with Crippen LogP contribution in [0.4, 0.5) is 5.00 Å². The number of carboxylic acid groups (broad SMARTS) is 1. The molecule has 0 aliphatic heterocycles. The van der Waals surface area contributed by atoms with E-state index in [1.807, 2.05) is 38.1 Å². The molecule has 2 N–H and O–H groups in total. The van der Waals surface area contributed by atoms with Gasteiger partial charge in [-0.05, 0) is 37.9 Å². The zero-order valence-electron chi connectivity index (χ0n) is 11.1. The Balaban J connectivity index is 2.21. The number of hydrogen-bond donors (Lipinski definition) is 2. The fourth-order valence-electron chi connectivity index (χ4n) is 1.86. The van der Waals surface area contributed by atoms with Crippen molar-refractivity contribution in [3.63, 3.8) is 0 Å². The number of aryl methyl sites for hydroxylation is 2. The van der Waals surface area contributed by atoms with Crippen LogP contribution in [0.25, 0.3) is 0 Å². The Morgan fingerprint density at radius 2 is 1.95 bits per heavy atom. The molecule has 0 spiro atoms. The molecule has 100 valence electrons. The van der Waals surface area contributed by atoms with Crippen molar-refractivity contribution in [3.05, 3.63) is 46.6 Å². The van der Waals surface area contributed by atoms with E-state index in [2.05, 4.69) is 9.69 Å². The molecular weight excluding hydrogens is 260 g/mol. The molecule has 0 aliphatic rings. The van der Waals surface area contributed by atoms with Crippen LogP contribution >= 0.6 is 11.5 Å². The van der Waals surface area contributed by atoms with E-state index in [4.69, 9.17) is 0 Å². The molecule has 2 aromatic rings. The van der Waals surface area contributed by atoms with E-state index in [1.54, 1.807) is 6.92 Å². The summed E-state index contributed by atoms with van der Waals surface area (Å²) in [6.07, 6.45) is 0. The number of aromatic carboxylic acids is 1. The van der Waals surface area contributed by atoms with Gasteiger partial charge in [-0.2, -0.15) is 4.37 Å². The van der Waals surface area contributed by atoms with Gasteiger partial charge >= 0.3 is 5.97 Å². The highest BCUT2D eigenvalue weighted by atomic mass is 32.1. The number of anilines is 1. The van der Waals surface area contributed by atoms with Gasteiger partial charge in [0.1, 0.15) is 10.6 Å². The van der Waals surface area contributed by atoms with Crippen LogP contribution in [0.15, 0.2) is 24.3 Å². The molecule has 5 heteroatoms. The van der Waals surface area contributed by atoms with Gasteiger partial charge in [0.2, 0.25) is 0 Å². The maximum Gasteiger partial charge on any atom is 0.340 e. The van der Waals surface area contributed by atoms with Crippen molar-refractivity contribution in [2.24, 2.45) is 0 Å². The first-order valence-corrected chi connectivity index (χ1v) is 6.79. The minimum Gasteiger partial charge on any atom is -0.478 e. The third-order valence-electron chi connectivity index (χ3n) is 3.00. The third-order valence-corrected chi connectivity index (χ3v) is 3.87. The van der Waals surface area contributed by atoms with E-state index < -0.39 is 5.97 Å². The van der Waals surface area contributed by atoms with E-state index in [9.17, 15) is 9.90 Å². The molecule has 1 atom stereocenters. The summed E-state index contributed by atoms with van der Waals surface area (Å²) in [7, 11) is 0. The molecule has 2 rings (SSSR count). The monoisotopic (exact) mass is 276 g/mol. The second-order valence-electron chi connectivity index (χ2n) is 4.55. The Hall–Kier alpha value is -1.88. The molecule has 0 saturated carbocycles. The number of carbonyl (C=O) groups is 1. The van der Waals surface area contributed by atoms with Crippen molar-refractivity contribution >= 4 is 22.5 Å². The van der Waals surface area contributed by atoms with Gasteiger partial charge in [-0.15, -0.1) is 0 Å². The van der Waals surface area contributed by atoms with Gasteiger partial charge in [0.05, 0.1) is 5.69 Å². The summed E-state index contributed by atoms with van der Waals surface area (Å²) in [6.45, 7) is 5.75. The Bertz CT molecular complexity index is 590. The van der Waals surface area contributed by atoms with E-state index in [1.165, 1.54) is 17.1 Å². The number of rotatable bonds is 4. The van der Waals surface area contributed by atoms with Gasteiger partial charge < -0.3 is 10.4 Å². The fourth-order valence-corrected chi connectivity index (χ4v) is 2.73. The highest BCUT2D eigenvalue weighted by Crippen LogP contribution is 2.28. The number of carboxylic acids is 1. The lowest BCUT2D eigenvalue weighted by Crippen LogP contribution is -2.09. The second kappa shape index (κ2) is 5.40. The average Bonchev–Trinajstić information content (AvgIpc) is 2.71. The Morgan fingerprint density at radius 1 is 1.32 bits per heavy atom. The van der Waals surface area contributed by atoms with Gasteiger partial charge in [-0.3, -0.25) is 0 Å². The molecule has 0 aliphatic carbocycles. The van der Waals surface area contributed by atoms with E-state index >= 15 is 0 Å². The summed E-state index contributed by atoms with van der Waals surface area (Å²) in [5, 5.41) is 13.0. The summed E-state index contributed by atoms with van der Waals surface area (Å²) in [4.78, 5) is 11.2. The van der Waals surface area contributed by atoms with Crippen LogP contribution in [0.3, 0.4) is 0 Å². The summed E-state index contributed by atoms with van der Waals surface area (Å²) in [5.74, 6) is -0.940. The largest absolute Gasteiger partial charge is 0.478 e. The molecule has 1 aromatic carbocycles. The lowest BCUT2D eigenvalue weighted by molar-refractivity contribution is 0.0697. The van der Waals surface area contributed by atoms with Crippen LogP contribution in [0.1, 0.15) is 40.1 Å². The SMILES string of the molecule is Cc1ccc(C(C)Nc2snc(C)c2C(=O)O)cc1. The summed E-state index contributed by atoms with van der Waals surface area (Å²) in [6, 6.07) is 8.22. The first-order chi connectivity index (χ1) is 8.99. The third kappa shape index (κ3) is 2.93. The smallest absolute Gasteiger partial charge is 0.340 e. The van der Waals surface area contributed by atoms with Crippen LogP contribution < -0.4 is 5.32 Å². The Labute approximate surface area is 116 Å². The quantitative estimate of drug-likeness (QED) is 0.895. The zero-order chi connectivity index (χ0) is 14.0.